The number of rotatable bonds is 5. The summed E-state index contributed by atoms with van der Waals surface area (Å²) in [6.45, 7) is 5.74. The maximum Gasteiger partial charge on any atom is 0.410 e. The maximum atomic E-state index is 12.6. The molecule has 0 bridgehead atoms. The lowest BCUT2D eigenvalue weighted by atomic mass is 10.1. The first-order valence-electron chi connectivity index (χ1n) is 9.26. The van der Waals surface area contributed by atoms with Crippen LogP contribution in [-0.4, -0.2) is 54.4 Å². The van der Waals surface area contributed by atoms with Gasteiger partial charge in [0, 0.05) is 6.54 Å². The monoisotopic (exact) mass is 392 g/mol. The number of methoxy groups -OCH3 is 1. The van der Waals surface area contributed by atoms with E-state index in [1.54, 1.807) is 20.8 Å². The third kappa shape index (κ3) is 6.14. The molecule has 1 fully saturated rings. The molecule has 1 aromatic carbocycles. The lowest BCUT2D eigenvalue weighted by Gasteiger charge is -2.30. The molecule has 0 radical (unpaired) electrons. The molecule has 0 unspecified atom stereocenters. The first kappa shape index (κ1) is 21.5. The van der Waals surface area contributed by atoms with Gasteiger partial charge in [0.2, 0.25) is 0 Å². The van der Waals surface area contributed by atoms with Crippen molar-refractivity contribution in [2.75, 3.05) is 13.7 Å². The zero-order chi connectivity index (χ0) is 20.7. The second-order valence-electron chi connectivity index (χ2n) is 7.59. The number of nitrogens with one attached hydrogen (secondary N) is 1. The van der Waals surface area contributed by atoms with Gasteiger partial charge < -0.3 is 24.4 Å². The number of likely N-dealkylation sites (tertiary alicyclic amines) is 1. The molecule has 2 amide bonds. The zero-order valence-corrected chi connectivity index (χ0v) is 16.8. The van der Waals surface area contributed by atoms with Gasteiger partial charge in [-0.25, -0.2) is 14.4 Å². The van der Waals surface area contributed by atoms with Crippen LogP contribution in [0.3, 0.4) is 0 Å². The number of hydrogen-bond donors (Lipinski definition) is 1. The number of ether oxygens (including phenoxy) is 3. The van der Waals surface area contributed by atoms with Gasteiger partial charge in [-0.15, -0.1) is 0 Å². The molecule has 1 aliphatic rings. The molecule has 8 nitrogen and oxygen atoms in total. The molecule has 1 heterocycles. The highest BCUT2D eigenvalue weighted by molar-refractivity contribution is 5.83. The minimum atomic E-state index is -1.04. The fourth-order valence-corrected chi connectivity index (χ4v) is 3.04. The van der Waals surface area contributed by atoms with Crippen molar-refractivity contribution < 1.29 is 28.6 Å². The van der Waals surface area contributed by atoms with E-state index in [0.29, 0.717) is 19.4 Å². The molecule has 1 saturated heterocycles. The molecule has 0 spiro atoms. The average Bonchev–Trinajstić information content (AvgIpc) is 3.12. The van der Waals surface area contributed by atoms with Crippen molar-refractivity contribution in [3.8, 4) is 0 Å². The number of alkyl carbamates (subject to hydrolysis) is 1. The molecule has 28 heavy (non-hydrogen) atoms. The Kier molecular flexibility index (Phi) is 7.25. The molecule has 154 valence electrons. The van der Waals surface area contributed by atoms with Gasteiger partial charge in [-0.3, -0.25) is 0 Å². The van der Waals surface area contributed by atoms with Crippen LogP contribution in [0.2, 0.25) is 0 Å². The molecule has 1 aliphatic heterocycles. The first-order chi connectivity index (χ1) is 13.2. The predicted molar refractivity (Wildman–Crippen MR) is 102 cm³/mol. The Labute approximate surface area is 165 Å². The Hall–Kier alpha value is -2.77. The van der Waals surface area contributed by atoms with Gasteiger partial charge in [0.1, 0.15) is 12.2 Å². The highest BCUT2D eigenvalue weighted by atomic mass is 16.6. The van der Waals surface area contributed by atoms with E-state index in [9.17, 15) is 14.4 Å². The fraction of sp³-hybridized carbons (Fsp3) is 0.550. The second-order valence-corrected chi connectivity index (χ2v) is 7.59. The Bertz CT molecular complexity index is 686. The molecular formula is C20H28N2O6. The van der Waals surface area contributed by atoms with Crippen LogP contribution in [0.1, 0.15) is 39.2 Å². The summed E-state index contributed by atoms with van der Waals surface area (Å²) in [4.78, 5) is 38.5. The molecule has 1 N–H and O–H groups in total. The van der Waals surface area contributed by atoms with E-state index in [-0.39, 0.29) is 6.61 Å². The van der Waals surface area contributed by atoms with Crippen molar-refractivity contribution in [2.45, 2.75) is 57.9 Å². The highest BCUT2D eigenvalue weighted by Gasteiger charge is 2.41. The number of benzene rings is 1. The number of esters is 1. The highest BCUT2D eigenvalue weighted by Crippen LogP contribution is 2.23. The molecule has 0 aromatic heterocycles. The Morgan fingerprint density at radius 1 is 1.21 bits per heavy atom. The Morgan fingerprint density at radius 2 is 1.89 bits per heavy atom. The topological polar surface area (TPSA) is 94.2 Å². The van der Waals surface area contributed by atoms with Crippen LogP contribution in [0, 0.1) is 0 Å². The van der Waals surface area contributed by atoms with Crippen LogP contribution < -0.4 is 5.32 Å². The lowest BCUT2D eigenvalue weighted by molar-refractivity contribution is -0.144. The van der Waals surface area contributed by atoms with Gasteiger partial charge in [-0.2, -0.15) is 0 Å². The van der Waals surface area contributed by atoms with Crippen LogP contribution in [-0.2, 0) is 25.6 Å². The van der Waals surface area contributed by atoms with Crippen molar-refractivity contribution in [3.05, 3.63) is 35.9 Å². The molecular weight excluding hydrogens is 364 g/mol. The van der Waals surface area contributed by atoms with E-state index in [1.807, 2.05) is 30.3 Å². The summed E-state index contributed by atoms with van der Waals surface area (Å²) < 4.78 is 15.4. The quantitative estimate of drug-likeness (QED) is 0.612. The fourth-order valence-electron chi connectivity index (χ4n) is 3.04. The average molecular weight is 392 g/mol. The van der Waals surface area contributed by atoms with Gasteiger partial charge in [-0.05, 0) is 39.2 Å². The van der Waals surface area contributed by atoms with Crippen LogP contribution in [0.5, 0.6) is 0 Å². The van der Waals surface area contributed by atoms with Crippen LogP contribution in [0.4, 0.5) is 9.59 Å². The van der Waals surface area contributed by atoms with Gasteiger partial charge in [0.15, 0.2) is 6.04 Å². The number of hydrogen-bond acceptors (Lipinski definition) is 6. The summed E-state index contributed by atoms with van der Waals surface area (Å²) in [5.74, 6) is -0.640. The first-order valence-corrected chi connectivity index (χ1v) is 9.26. The van der Waals surface area contributed by atoms with Crippen LogP contribution >= 0.6 is 0 Å². The number of amides is 2. The predicted octanol–water partition coefficient (Wildman–Crippen LogP) is 2.85. The summed E-state index contributed by atoms with van der Waals surface area (Å²) in [5.41, 5.74) is 0.150. The summed E-state index contributed by atoms with van der Waals surface area (Å²) in [6, 6.07) is 7.71. The molecule has 0 saturated carbocycles. The van der Waals surface area contributed by atoms with Gasteiger partial charge in [0.25, 0.3) is 0 Å². The number of carbonyl (C=O) groups excluding carboxylic acids is 3. The normalized spacial score (nSPS) is 17.6. The Balaban J connectivity index is 2.05. The Morgan fingerprint density at radius 3 is 2.50 bits per heavy atom. The van der Waals surface area contributed by atoms with Crippen molar-refractivity contribution >= 4 is 18.2 Å². The van der Waals surface area contributed by atoms with Crippen molar-refractivity contribution in [3.63, 3.8) is 0 Å². The van der Waals surface area contributed by atoms with Crippen molar-refractivity contribution in [1.29, 1.82) is 0 Å². The molecule has 1 aromatic rings. The van der Waals surface area contributed by atoms with E-state index in [2.05, 4.69) is 5.32 Å². The summed E-state index contributed by atoms with van der Waals surface area (Å²) in [6.07, 6.45) is -0.0522. The maximum absolute atomic E-state index is 12.6. The third-order valence-electron chi connectivity index (χ3n) is 4.25. The lowest BCUT2D eigenvalue weighted by Crippen LogP contribution is -2.55. The van der Waals surface area contributed by atoms with Gasteiger partial charge in [0.05, 0.1) is 13.2 Å². The third-order valence-corrected chi connectivity index (χ3v) is 4.25. The van der Waals surface area contributed by atoms with Crippen molar-refractivity contribution in [1.82, 2.24) is 10.2 Å². The zero-order valence-electron chi connectivity index (χ0n) is 16.8. The minimum Gasteiger partial charge on any atom is -0.467 e. The largest absolute Gasteiger partial charge is 0.467 e. The molecule has 8 heteroatoms. The van der Waals surface area contributed by atoms with E-state index in [4.69, 9.17) is 14.2 Å². The SMILES string of the molecule is COC(=O)[C@H](NC(=O)OC(C)(C)C)[C@@H]1CCCN1C(=O)OCc1ccccc1. The van der Waals surface area contributed by atoms with E-state index >= 15 is 0 Å². The second kappa shape index (κ2) is 9.43. The van der Waals surface area contributed by atoms with E-state index in [1.165, 1.54) is 12.0 Å². The molecule has 2 atom stereocenters. The molecule has 2 rings (SSSR count). The minimum absolute atomic E-state index is 0.130. The standard InChI is InChI=1S/C20H28N2O6/c1-20(2,3)28-18(24)21-16(17(23)26-4)15-11-8-12-22(15)19(25)27-13-14-9-6-5-7-10-14/h5-7,9-10,15-16H,8,11-13H2,1-4H3,(H,21,24)/t15-,16+/m0/s1. The summed E-state index contributed by atoms with van der Waals surface area (Å²) >= 11 is 0. The van der Waals surface area contributed by atoms with Crippen molar-refractivity contribution in [2.24, 2.45) is 0 Å². The van der Waals surface area contributed by atoms with Gasteiger partial charge in [-0.1, -0.05) is 30.3 Å². The smallest absolute Gasteiger partial charge is 0.410 e. The van der Waals surface area contributed by atoms with Crippen LogP contribution in [0.15, 0.2) is 30.3 Å². The number of nitrogens with zero attached hydrogens (tertiary/aromatic N) is 1. The van der Waals surface area contributed by atoms with E-state index < -0.39 is 35.8 Å². The summed E-state index contributed by atoms with van der Waals surface area (Å²) in [7, 11) is 1.24. The van der Waals surface area contributed by atoms with Crippen LogP contribution in [0.25, 0.3) is 0 Å². The van der Waals surface area contributed by atoms with Gasteiger partial charge >= 0.3 is 18.2 Å². The molecule has 0 aliphatic carbocycles. The van der Waals surface area contributed by atoms with E-state index in [0.717, 1.165) is 5.56 Å². The number of carbonyl (C=O) groups is 3. The summed E-state index contributed by atoms with van der Waals surface area (Å²) in [5, 5.41) is 2.54.